The predicted molar refractivity (Wildman–Crippen MR) is 123 cm³/mol. The summed E-state index contributed by atoms with van der Waals surface area (Å²) in [5, 5.41) is 11.5. The molecule has 3 rings (SSSR count). The molecule has 0 radical (unpaired) electrons. The molecule has 0 fully saturated rings. The van der Waals surface area contributed by atoms with Crippen molar-refractivity contribution in [1.29, 1.82) is 0 Å². The van der Waals surface area contributed by atoms with E-state index >= 15 is 0 Å². The molecule has 7 nitrogen and oxygen atoms in total. The maximum Gasteiger partial charge on any atom is 0.335 e. The highest BCUT2D eigenvalue weighted by atomic mass is 35.5. The van der Waals surface area contributed by atoms with E-state index in [-0.39, 0.29) is 26.9 Å². The number of aromatic carboxylic acids is 1. The van der Waals surface area contributed by atoms with Gasteiger partial charge in [0.05, 0.1) is 15.6 Å². The average molecular weight is 493 g/mol. The molecule has 0 aromatic heterocycles. The molecule has 32 heavy (non-hydrogen) atoms. The maximum atomic E-state index is 13.0. The molecular weight excluding hydrogens is 475 g/mol. The van der Waals surface area contributed by atoms with Gasteiger partial charge in [-0.2, -0.15) is 4.72 Å². The molecule has 10 heteroatoms. The molecule has 0 spiro atoms. The summed E-state index contributed by atoms with van der Waals surface area (Å²) in [6.45, 7) is 0. The number of hydrogen-bond acceptors (Lipinski definition) is 4. The van der Waals surface area contributed by atoms with Gasteiger partial charge in [-0.1, -0.05) is 59.6 Å². The van der Waals surface area contributed by atoms with Gasteiger partial charge in [-0.25, -0.2) is 13.2 Å². The maximum absolute atomic E-state index is 13.0. The van der Waals surface area contributed by atoms with Crippen molar-refractivity contribution < 1.29 is 23.1 Å². The molecule has 0 saturated heterocycles. The molecule has 3 aromatic rings. The number of anilines is 1. The Balaban J connectivity index is 1.89. The fourth-order valence-electron chi connectivity index (χ4n) is 2.95. The third-order valence-electron chi connectivity index (χ3n) is 4.48. The number of carboxylic acid groups (broad SMARTS) is 1. The van der Waals surface area contributed by atoms with E-state index < -0.39 is 27.9 Å². The number of benzene rings is 3. The number of nitrogens with one attached hydrogen (secondary N) is 2. The number of carbonyl (C=O) groups excluding carboxylic acids is 1. The lowest BCUT2D eigenvalue weighted by molar-refractivity contribution is -0.117. The molecule has 0 unspecified atom stereocenters. The van der Waals surface area contributed by atoms with Crippen LogP contribution in [0.2, 0.25) is 10.0 Å². The van der Waals surface area contributed by atoms with E-state index in [4.69, 9.17) is 28.3 Å². The van der Waals surface area contributed by atoms with Crippen LogP contribution in [-0.4, -0.2) is 31.4 Å². The Hall–Kier alpha value is -2.91. The highest BCUT2D eigenvalue weighted by Gasteiger charge is 2.29. The molecule has 0 bridgehead atoms. The van der Waals surface area contributed by atoms with Crippen LogP contribution >= 0.6 is 23.2 Å². The molecule has 166 valence electrons. The fourth-order valence-corrected chi connectivity index (χ4v) is 5.29. The minimum Gasteiger partial charge on any atom is -0.478 e. The highest BCUT2D eigenvalue weighted by Crippen LogP contribution is 2.29. The lowest BCUT2D eigenvalue weighted by atomic mass is 10.1. The van der Waals surface area contributed by atoms with Gasteiger partial charge in [0.1, 0.15) is 10.9 Å². The van der Waals surface area contributed by atoms with Crippen LogP contribution in [0.3, 0.4) is 0 Å². The number of carboxylic acids is 1. The van der Waals surface area contributed by atoms with Crippen LogP contribution in [0.1, 0.15) is 15.9 Å². The Bertz CT molecular complexity index is 1210. The van der Waals surface area contributed by atoms with Gasteiger partial charge in [-0.3, -0.25) is 4.79 Å². The van der Waals surface area contributed by atoms with Crippen LogP contribution in [0.25, 0.3) is 0 Å². The van der Waals surface area contributed by atoms with Crippen LogP contribution in [-0.2, 0) is 21.2 Å². The smallest absolute Gasteiger partial charge is 0.335 e. The summed E-state index contributed by atoms with van der Waals surface area (Å²) < 4.78 is 28.4. The van der Waals surface area contributed by atoms with Crippen molar-refractivity contribution in [1.82, 2.24) is 4.72 Å². The van der Waals surface area contributed by atoms with Gasteiger partial charge in [-0.05, 0) is 48.4 Å². The Morgan fingerprint density at radius 3 is 2.03 bits per heavy atom. The number of amides is 1. The van der Waals surface area contributed by atoms with Crippen LogP contribution < -0.4 is 10.0 Å². The molecule has 0 aliphatic carbocycles. The van der Waals surface area contributed by atoms with Crippen molar-refractivity contribution in [2.45, 2.75) is 17.4 Å². The quantitative estimate of drug-likeness (QED) is 0.435. The van der Waals surface area contributed by atoms with Crippen molar-refractivity contribution in [3.05, 3.63) is 94.0 Å². The zero-order valence-electron chi connectivity index (χ0n) is 16.5. The summed E-state index contributed by atoms with van der Waals surface area (Å²) in [6, 6.07) is 17.5. The highest BCUT2D eigenvalue weighted by molar-refractivity contribution is 7.89. The van der Waals surface area contributed by atoms with Gasteiger partial charge in [0.2, 0.25) is 15.9 Å². The summed E-state index contributed by atoms with van der Waals surface area (Å²) in [5.74, 6) is -1.74. The average Bonchev–Trinajstić information content (AvgIpc) is 2.74. The van der Waals surface area contributed by atoms with Gasteiger partial charge >= 0.3 is 5.97 Å². The van der Waals surface area contributed by atoms with Crippen molar-refractivity contribution in [2.75, 3.05) is 5.32 Å². The lowest BCUT2D eigenvalue weighted by Crippen LogP contribution is -2.45. The van der Waals surface area contributed by atoms with Gasteiger partial charge < -0.3 is 10.4 Å². The van der Waals surface area contributed by atoms with Crippen LogP contribution in [0.4, 0.5) is 5.69 Å². The first-order valence-corrected chi connectivity index (χ1v) is 11.6. The number of halogens is 2. The van der Waals surface area contributed by atoms with E-state index in [9.17, 15) is 18.0 Å². The molecule has 3 N–H and O–H groups in total. The second-order valence-corrected chi connectivity index (χ2v) is 9.25. The topological polar surface area (TPSA) is 113 Å². The van der Waals surface area contributed by atoms with E-state index in [1.54, 1.807) is 30.3 Å². The number of sulfonamides is 1. The summed E-state index contributed by atoms with van der Waals surface area (Å²) >= 11 is 12.1. The van der Waals surface area contributed by atoms with Gasteiger partial charge in [0, 0.05) is 5.69 Å². The lowest BCUT2D eigenvalue weighted by Gasteiger charge is -2.20. The van der Waals surface area contributed by atoms with Crippen molar-refractivity contribution in [3.63, 3.8) is 0 Å². The Morgan fingerprint density at radius 2 is 1.47 bits per heavy atom. The molecule has 0 aliphatic rings. The predicted octanol–water partition coefficient (Wildman–Crippen LogP) is 4.22. The number of rotatable bonds is 8. The van der Waals surface area contributed by atoms with Gasteiger partial charge in [0.25, 0.3) is 0 Å². The Kier molecular flexibility index (Phi) is 7.52. The normalized spacial score (nSPS) is 12.2. The number of hydrogen-bond donors (Lipinski definition) is 3. The monoisotopic (exact) mass is 492 g/mol. The second-order valence-electron chi connectivity index (χ2n) is 6.79. The molecular formula is C22H18Cl2N2O5S. The third kappa shape index (κ3) is 5.86. The summed E-state index contributed by atoms with van der Waals surface area (Å²) in [4.78, 5) is 23.7. The standard InChI is InChI=1S/C22H18Cl2N2O5S/c23-17-7-4-8-18(24)20(17)32(30,31)26-19(13-14-5-2-1-3-6-14)21(27)25-16-11-9-15(10-12-16)22(28)29/h1-12,19,26H,13H2,(H,25,27)(H,28,29)/t19-/m1/s1. The second kappa shape index (κ2) is 10.1. The molecule has 0 saturated carbocycles. The van der Waals surface area contributed by atoms with E-state index in [1.807, 2.05) is 0 Å². The SMILES string of the molecule is O=C(O)c1ccc(NC(=O)[C@@H](Cc2ccccc2)NS(=O)(=O)c2c(Cl)cccc2Cl)cc1. The first-order chi connectivity index (χ1) is 15.2. The van der Waals surface area contributed by atoms with Crippen molar-refractivity contribution in [2.24, 2.45) is 0 Å². The molecule has 0 aliphatic heterocycles. The Morgan fingerprint density at radius 1 is 0.875 bits per heavy atom. The summed E-state index contributed by atoms with van der Waals surface area (Å²) in [6.07, 6.45) is 0.0567. The zero-order chi connectivity index (χ0) is 23.3. The molecule has 1 amide bonds. The minimum absolute atomic E-state index is 0.0536. The fraction of sp³-hybridized carbons (Fsp3) is 0.0909. The number of carbonyl (C=O) groups is 2. The van der Waals surface area contributed by atoms with Crippen LogP contribution in [0, 0.1) is 0 Å². The summed E-state index contributed by atoms with van der Waals surface area (Å²) in [5.41, 5.74) is 1.09. The third-order valence-corrected chi connectivity index (χ3v) is 6.91. The van der Waals surface area contributed by atoms with Crippen LogP contribution in [0.5, 0.6) is 0 Å². The summed E-state index contributed by atoms with van der Waals surface area (Å²) in [7, 11) is -4.25. The van der Waals surface area contributed by atoms with Crippen molar-refractivity contribution >= 4 is 50.8 Å². The van der Waals surface area contributed by atoms with Gasteiger partial charge in [0.15, 0.2) is 0 Å². The van der Waals surface area contributed by atoms with E-state index in [1.165, 1.54) is 42.5 Å². The van der Waals surface area contributed by atoms with E-state index in [0.29, 0.717) is 5.69 Å². The molecule has 1 atom stereocenters. The Labute approximate surface area is 195 Å². The van der Waals surface area contributed by atoms with E-state index in [0.717, 1.165) is 5.56 Å². The first-order valence-electron chi connectivity index (χ1n) is 9.32. The largest absolute Gasteiger partial charge is 0.478 e. The first kappa shape index (κ1) is 23.7. The molecule has 3 aromatic carbocycles. The van der Waals surface area contributed by atoms with Crippen LogP contribution in [0.15, 0.2) is 77.7 Å². The molecule has 0 heterocycles. The zero-order valence-corrected chi connectivity index (χ0v) is 18.8. The minimum atomic E-state index is -4.25. The van der Waals surface area contributed by atoms with Gasteiger partial charge in [-0.15, -0.1) is 0 Å². The van der Waals surface area contributed by atoms with E-state index in [2.05, 4.69) is 10.0 Å². The van der Waals surface area contributed by atoms with Crippen molar-refractivity contribution in [3.8, 4) is 0 Å².